The fraction of sp³-hybridized carbons (Fsp3) is 0.111. The van der Waals surface area contributed by atoms with Crippen molar-refractivity contribution < 1.29 is 9.15 Å². The number of benzene rings is 2. The number of hydrogen-bond acceptors (Lipinski definition) is 2. The summed E-state index contributed by atoms with van der Waals surface area (Å²) >= 11 is 3.65. The molecule has 0 N–H and O–H groups in total. The monoisotopic (exact) mass is 342 g/mol. The van der Waals surface area contributed by atoms with E-state index >= 15 is 0 Å². The Hall–Kier alpha value is -2.00. The minimum absolute atomic E-state index is 0.835. The molecule has 3 rings (SSSR count). The second-order valence-electron chi connectivity index (χ2n) is 4.79. The van der Waals surface area contributed by atoms with Crippen molar-refractivity contribution in [2.75, 3.05) is 7.11 Å². The lowest BCUT2D eigenvalue weighted by Crippen LogP contribution is -1.82. The van der Waals surface area contributed by atoms with Crippen LogP contribution in [0.3, 0.4) is 0 Å². The average Bonchev–Trinajstić information content (AvgIpc) is 2.84. The molecule has 0 fully saturated rings. The van der Waals surface area contributed by atoms with Gasteiger partial charge in [0.05, 0.1) is 11.6 Å². The van der Waals surface area contributed by atoms with E-state index in [2.05, 4.69) is 35.0 Å². The zero-order chi connectivity index (χ0) is 14.8. The maximum Gasteiger partial charge on any atom is 0.149 e. The topological polar surface area (TPSA) is 22.4 Å². The second kappa shape index (κ2) is 5.78. The maximum atomic E-state index is 6.10. The van der Waals surface area contributed by atoms with Gasteiger partial charge in [0.25, 0.3) is 0 Å². The largest absolute Gasteiger partial charge is 0.497 e. The van der Waals surface area contributed by atoms with Gasteiger partial charge in [-0.2, -0.15) is 0 Å². The Morgan fingerprint density at radius 2 is 1.48 bits per heavy atom. The van der Waals surface area contributed by atoms with Crippen LogP contribution in [-0.4, -0.2) is 7.11 Å². The van der Waals surface area contributed by atoms with Gasteiger partial charge in [0.15, 0.2) is 0 Å². The van der Waals surface area contributed by atoms with E-state index < -0.39 is 0 Å². The summed E-state index contributed by atoms with van der Waals surface area (Å²) in [4.78, 5) is 0. The highest BCUT2D eigenvalue weighted by molar-refractivity contribution is 9.10. The van der Waals surface area contributed by atoms with Gasteiger partial charge in [-0.3, -0.25) is 0 Å². The average molecular weight is 343 g/mol. The first-order valence-corrected chi connectivity index (χ1v) is 7.48. The molecule has 2 nitrogen and oxygen atoms in total. The predicted octanol–water partition coefficient (Wildman–Crippen LogP) is 5.69. The Bertz CT molecular complexity index is 743. The Morgan fingerprint density at radius 1 is 0.857 bits per heavy atom. The summed E-state index contributed by atoms with van der Waals surface area (Å²) in [5.41, 5.74) is 3.20. The summed E-state index contributed by atoms with van der Waals surface area (Å²) in [6.45, 7) is 2.06. The van der Waals surface area contributed by atoms with Crippen LogP contribution in [0.25, 0.3) is 22.6 Å². The van der Waals surface area contributed by atoms with Crippen LogP contribution in [0.5, 0.6) is 5.75 Å². The van der Waals surface area contributed by atoms with Gasteiger partial charge in [-0.05, 0) is 47.1 Å². The van der Waals surface area contributed by atoms with Crippen molar-refractivity contribution in [1.29, 1.82) is 0 Å². The maximum absolute atomic E-state index is 6.10. The van der Waals surface area contributed by atoms with Crippen LogP contribution < -0.4 is 4.74 Å². The molecule has 0 amide bonds. The van der Waals surface area contributed by atoms with Crippen molar-refractivity contribution in [3.63, 3.8) is 0 Å². The summed E-state index contributed by atoms with van der Waals surface area (Å²) in [6.07, 6.45) is 0. The smallest absolute Gasteiger partial charge is 0.149 e. The van der Waals surface area contributed by atoms with Gasteiger partial charge < -0.3 is 9.15 Å². The van der Waals surface area contributed by atoms with E-state index in [4.69, 9.17) is 9.15 Å². The molecule has 106 valence electrons. The fourth-order valence-corrected chi connectivity index (χ4v) is 2.78. The summed E-state index contributed by atoms with van der Waals surface area (Å²) in [5.74, 6) is 2.57. The highest BCUT2D eigenvalue weighted by Crippen LogP contribution is 2.40. The van der Waals surface area contributed by atoms with Crippen LogP contribution in [-0.2, 0) is 0 Å². The quantitative estimate of drug-likeness (QED) is 0.609. The third kappa shape index (κ3) is 2.61. The molecular weight excluding hydrogens is 328 g/mol. The molecule has 3 aromatic rings. The molecule has 1 heterocycles. The van der Waals surface area contributed by atoms with Crippen molar-refractivity contribution in [2.45, 2.75) is 6.92 Å². The standard InChI is InChI=1S/C18H15BrO2/c1-12-16(19)18(14-8-10-15(20-2)11-9-14)21-17(12)13-6-4-3-5-7-13/h3-11H,1-2H3. The minimum atomic E-state index is 0.835. The number of furan rings is 1. The minimum Gasteiger partial charge on any atom is -0.497 e. The molecule has 0 aliphatic heterocycles. The SMILES string of the molecule is COc1ccc(-c2oc(-c3ccccc3)c(C)c2Br)cc1. The molecule has 0 aliphatic carbocycles. The van der Waals surface area contributed by atoms with E-state index in [0.29, 0.717) is 0 Å². The molecule has 1 aromatic heterocycles. The van der Waals surface area contributed by atoms with Crippen LogP contribution >= 0.6 is 15.9 Å². The van der Waals surface area contributed by atoms with Crippen LogP contribution in [0, 0.1) is 6.92 Å². The van der Waals surface area contributed by atoms with E-state index in [1.807, 2.05) is 42.5 Å². The van der Waals surface area contributed by atoms with E-state index in [-0.39, 0.29) is 0 Å². The number of rotatable bonds is 3. The van der Waals surface area contributed by atoms with Crippen LogP contribution in [0.2, 0.25) is 0 Å². The molecular formula is C18H15BrO2. The summed E-state index contributed by atoms with van der Waals surface area (Å²) in [7, 11) is 1.66. The third-order valence-electron chi connectivity index (χ3n) is 3.46. The lowest BCUT2D eigenvalue weighted by Gasteiger charge is -2.01. The molecule has 3 heteroatoms. The molecule has 0 unspecified atom stereocenters. The summed E-state index contributed by atoms with van der Waals surface area (Å²) < 4.78 is 12.3. The Balaban J connectivity index is 2.08. The predicted molar refractivity (Wildman–Crippen MR) is 88.6 cm³/mol. The third-order valence-corrected chi connectivity index (χ3v) is 4.42. The second-order valence-corrected chi connectivity index (χ2v) is 5.59. The van der Waals surface area contributed by atoms with Crippen LogP contribution in [0.1, 0.15) is 5.56 Å². The summed E-state index contributed by atoms with van der Waals surface area (Å²) in [5, 5.41) is 0. The zero-order valence-electron chi connectivity index (χ0n) is 11.9. The Kier molecular flexibility index (Phi) is 3.84. The molecule has 0 bridgehead atoms. The van der Waals surface area contributed by atoms with Gasteiger partial charge in [0.1, 0.15) is 17.3 Å². The van der Waals surface area contributed by atoms with E-state index in [1.165, 1.54) is 0 Å². The van der Waals surface area contributed by atoms with E-state index in [1.54, 1.807) is 7.11 Å². The Labute approximate surface area is 132 Å². The van der Waals surface area contributed by atoms with Crippen LogP contribution in [0.15, 0.2) is 63.5 Å². The number of ether oxygens (including phenoxy) is 1. The molecule has 0 saturated carbocycles. The van der Waals surface area contributed by atoms with Gasteiger partial charge in [-0.25, -0.2) is 0 Å². The van der Waals surface area contributed by atoms with Gasteiger partial charge in [-0.1, -0.05) is 30.3 Å². The molecule has 0 radical (unpaired) electrons. The highest BCUT2D eigenvalue weighted by atomic mass is 79.9. The summed E-state index contributed by atoms with van der Waals surface area (Å²) in [6, 6.07) is 18.0. The number of hydrogen-bond donors (Lipinski definition) is 0. The molecule has 0 atom stereocenters. The lowest BCUT2D eigenvalue weighted by molar-refractivity contribution is 0.415. The van der Waals surface area contributed by atoms with Crippen molar-refractivity contribution in [3.05, 3.63) is 64.6 Å². The van der Waals surface area contributed by atoms with Crippen molar-refractivity contribution in [2.24, 2.45) is 0 Å². The first-order valence-electron chi connectivity index (χ1n) is 6.69. The van der Waals surface area contributed by atoms with E-state index in [9.17, 15) is 0 Å². The number of halogens is 1. The molecule has 2 aromatic carbocycles. The zero-order valence-corrected chi connectivity index (χ0v) is 13.5. The normalized spacial score (nSPS) is 10.6. The van der Waals surface area contributed by atoms with E-state index in [0.717, 1.165) is 38.4 Å². The number of methoxy groups -OCH3 is 1. The van der Waals surface area contributed by atoms with Gasteiger partial charge in [-0.15, -0.1) is 0 Å². The first-order chi connectivity index (χ1) is 10.2. The van der Waals surface area contributed by atoms with Crippen LogP contribution in [0.4, 0.5) is 0 Å². The fourth-order valence-electron chi connectivity index (χ4n) is 2.29. The van der Waals surface area contributed by atoms with Crippen molar-refractivity contribution in [1.82, 2.24) is 0 Å². The molecule has 0 saturated heterocycles. The van der Waals surface area contributed by atoms with Crippen molar-refractivity contribution >= 4 is 15.9 Å². The Morgan fingerprint density at radius 3 is 2.10 bits per heavy atom. The van der Waals surface area contributed by atoms with Gasteiger partial charge >= 0.3 is 0 Å². The molecule has 0 spiro atoms. The molecule has 21 heavy (non-hydrogen) atoms. The van der Waals surface area contributed by atoms with Crippen molar-refractivity contribution in [3.8, 4) is 28.4 Å². The molecule has 0 aliphatic rings. The first kappa shape index (κ1) is 14.0. The lowest BCUT2D eigenvalue weighted by atomic mass is 10.1. The van der Waals surface area contributed by atoms with Gasteiger partial charge in [0, 0.05) is 16.7 Å². The highest BCUT2D eigenvalue weighted by Gasteiger charge is 2.17. The van der Waals surface area contributed by atoms with Gasteiger partial charge in [0.2, 0.25) is 0 Å².